The monoisotopic (exact) mass is 392 g/mol. The molecule has 1 aliphatic rings. The Morgan fingerprint density at radius 2 is 1.86 bits per heavy atom. The smallest absolute Gasteiger partial charge is 0.224 e. The predicted octanol–water partition coefficient (Wildman–Crippen LogP) is 4.81. The fraction of sp³-hybridized carbons (Fsp3) is 0.304. The number of nitrogens with zero attached hydrogens (tertiary/aromatic N) is 1. The summed E-state index contributed by atoms with van der Waals surface area (Å²) in [5.41, 5.74) is 3.24. The number of fused-ring (bicyclic) bond motifs is 1. The van der Waals surface area contributed by atoms with Crippen molar-refractivity contribution in [3.63, 3.8) is 0 Å². The van der Waals surface area contributed by atoms with Crippen molar-refractivity contribution < 1.29 is 9.53 Å². The molecule has 0 radical (unpaired) electrons. The second kappa shape index (κ2) is 8.67. The number of carbonyl (C=O) groups is 1. The van der Waals surface area contributed by atoms with Gasteiger partial charge in [-0.05, 0) is 36.1 Å². The molecule has 144 valence electrons. The standard InChI is InChI=1S/C23H24N2O2S/c1-27-15-17-12-10-16(11-13-17)14-24-22(26)18-6-2-3-7-19(18)23-25-20-8-4-5-9-21(20)28-23/h2-5,8-13,18-19H,6-7,14-15H2,1H3,(H,24,26). The average molecular weight is 393 g/mol. The second-order valence-electron chi connectivity index (χ2n) is 7.14. The van der Waals surface area contributed by atoms with E-state index in [4.69, 9.17) is 9.72 Å². The van der Waals surface area contributed by atoms with Crippen LogP contribution in [-0.4, -0.2) is 18.0 Å². The van der Waals surface area contributed by atoms with Crippen molar-refractivity contribution in [3.8, 4) is 0 Å². The molecule has 1 heterocycles. The number of nitrogens with one attached hydrogen (secondary N) is 1. The normalized spacial score (nSPS) is 19.0. The fourth-order valence-electron chi connectivity index (χ4n) is 3.67. The van der Waals surface area contributed by atoms with E-state index in [1.807, 2.05) is 42.5 Å². The van der Waals surface area contributed by atoms with Crippen LogP contribution in [0.4, 0.5) is 0 Å². The van der Waals surface area contributed by atoms with Gasteiger partial charge in [0.25, 0.3) is 0 Å². The van der Waals surface area contributed by atoms with Crippen molar-refractivity contribution in [3.05, 3.63) is 76.8 Å². The summed E-state index contributed by atoms with van der Waals surface area (Å²) < 4.78 is 6.32. The maximum absolute atomic E-state index is 13.0. The van der Waals surface area contributed by atoms with E-state index >= 15 is 0 Å². The highest BCUT2D eigenvalue weighted by Crippen LogP contribution is 2.38. The molecule has 1 aliphatic carbocycles. The molecule has 0 aliphatic heterocycles. The first-order valence-corrected chi connectivity index (χ1v) is 10.4. The Labute approximate surface area is 169 Å². The number of allylic oxidation sites excluding steroid dienone is 2. The van der Waals surface area contributed by atoms with Gasteiger partial charge in [-0.2, -0.15) is 0 Å². The number of carbonyl (C=O) groups excluding carboxylic acids is 1. The molecule has 1 amide bonds. The van der Waals surface area contributed by atoms with Crippen LogP contribution < -0.4 is 5.32 Å². The minimum absolute atomic E-state index is 0.0710. The molecule has 4 rings (SSSR count). The molecule has 5 heteroatoms. The first-order valence-electron chi connectivity index (χ1n) is 9.59. The predicted molar refractivity (Wildman–Crippen MR) is 113 cm³/mol. The lowest BCUT2D eigenvalue weighted by Gasteiger charge is -2.26. The van der Waals surface area contributed by atoms with E-state index in [2.05, 4.69) is 23.5 Å². The maximum atomic E-state index is 13.0. The quantitative estimate of drug-likeness (QED) is 0.613. The molecule has 1 aromatic heterocycles. The van der Waals surface area contributed by atoms with Crippen molar-refractivity contribution in [2.75, 3.05) is 7.11 Å². The van der Waals surface area contributed by atoms with Gasteiger partial charge in [0.2, 0.25) is 5.91 Å². The van der Waals surface area contributed by atoms with Gasteiger partial charge < -0.3 is 10.1 Å². The molecular weight excluding hydrogens is 368 g/mol. The number of methoxy groups -OCH3 is 1. The van der Waals surface area contributed by atoms with Crippen LogP contribution in [0, 0.1) is 5.92 Å². The lowest BCUT2D eigenvalue weighted by atomic mass is 9.82. The number of para-hydroxylation sites is 1. The van der Waals surface area contributed by atoms with Crippen molar-refractivity contribution in [2.45, 2.75) is 31.9 Å². The SMILES string of the molecule is COCc1ccc(CNC(=O)C2CC=CCC2c2nc3ccccc3s2)cc1. The van der Waals surface area contributed by atoms with Crippen molar-refractivity contribution in [1.82, 2.24) is 10.3 Å². The Balaban J connectivity index is 1.45. The molecule has 2 aromatic carbocycles. The van der Waals surface area contributed by atoms with E-state index in [-0.39, 0.29) is 17.7 Å². The van der Waals surface area contributed by atoms with Gasteiger partial charge in [0.1, 0.15) is 0 Å². The molecule has 0 saturated carbocycles. The van der Waals surface area contributed by atoms with Gasteiger partial charge in [-0.1, -0.05) is 48.6 Å². The summed E-state index contributed by atoms with van der Waals surface area (Å²) in [5, 5.41) is 4.19. The van der Waals surface area contributed by atoms with Gasteiger partial charge in [0.15, 0.2) is 0 Å². The molecule has 2 atom stereocenters. The first-order chi connectivity index (χ1) is 13.7. The van der Waals surface area contributed by atoms with Crippen molar-refractivity contribution in [2.24, 2.45) is 5.92 Å². The van der Waals surface area contributed by atoms with Gasteiger partial charge in [0, 0.05) is 19.6 Å². The lowest BCUT2D eigenvalue weighted by molar-refractivity contribution is -0.125. The summed E-state index contributed by atoms with van der Waals surface area (Å²) in [6.07, 6.45) is 5.92. The Kier molecular flexibility index (Phi) is 5.84. The molecule has 0 bridgehead atoms. The van der Waals surface area contributed by atoms with Crippen LogP contribution in [0.15, 0.2) is 60.7 Å². The highest BCUT2D eigenvalue weighted by Gasteiger charge is 2.32. The number of benzene rings is 2. The van der Waals surface area contributed by atoms with E-state index < -0.39 is 0 Å². The van der Waals surface area contributed by atoms with Gasteiger partial charge in [-0.3, -0.25) is 4.79 Å². The molecule has 28 heavy (non-hydrogen) atoms. The second-order valence-corrected chi connectivity index (χ2v) is 8.21. The molecule has 0 fully saturated rings. The molecular formula is C23H24N2O2S. The van der Waals surface area contributed by atoms with Crippen LogP contribution in [-0.2, 0) is 22.7 Å². The Hall–Kier alpha value is -2.50. The molecule has 0 saturated heterocycles. The summed E-state index contributed by atoms with van der Waals surface area (Å²) in [7, 11) is 1.69. The number of ether oxygens (including phenoxy) is 1. The molecule has 4 nitrogen and oxygen atoms in total. The minimum Gasteiger partial charge on any atom is -0.380 e. The largest absolute Gasteiger partial charge is 0.380 e. The van der Waals surface area contributed by atoms with E-state index in [1.165, 1.54) is 4.70 Å². The lowest BCUT2D eigenvalue weighted by Crippen LogP contribution is -2.34. The fourth-order valence-corrected chi connectivity index (χ4v) is 4.81. The van der Waals surface area contributed by atoms with Gasteiger partial charge in [-0.15, -0.1) is 11.3 Å². The molecule has 3 aromatic rings. The van der Waals surface area contributed by atoms with Gasteiger partial charge in [-0.25, -0.2) is 4.98 Å². The summed E-state index contributed by atoms with van der Waals surface area (Å²) in [5.74, 6) is 0.180. The summed E-state index contributed by atoms with van der Waals surface area (Å²) in [4.78, 5) is 17.8. The Bertz CT molecular complexity index is 945. The van der Waals surface area contributed by atoms with Crippen LogP contribution in [0.2, 0.25) is 0 Å². The van der Waals surface area contributed by atoms with Crippen LogP contribution >= 0.6 is 11.3 Å². The maximum Gasteiger partial charge on any atom is 0.224 e. The van der Waals surface area contributed by atoms with Gasteiger partial charge >= 0.3 is 0 Å². The van der Waals surface area contributed by atoms with E-state index in [9.17, 15) is 4.79 Å². The van der Waals surface area contributed by atoms with Crippen molar-refractivity contribution in [1.29, 1.82) is 0 Å². The van der Waals surface area contributed by atoms with Crippen LogP contribution in [0.1, 0.15) is 34.9 Å². The molecule has 0 spiro atoms. The molecule has 2 unspecified atom stereocenters. The Morgan fingerprint density at radius 3 is 2.64 bits per heavy atom. The third kappa shape index (κ3) is 4.16. The topological polar surface area (TPSA) is 51.2 Å². The molecule has 1 N–H and O–H groups in total. The van der Waals surface area contributed by atoms with Crippen molar-refractivity contribution >= 4 is 27.5 Å². The number of thiazole rings is 1. The third-order valence-electron chi connectivity index (χ3n) is 5.20. The minimum atomic E-state index is -0.0710. The van der Waals surface area contributed by atoms with Gasteiger partial charge in [0.05, 0.1) is 27.7 Å². The van der Waals surface area contributed by atoms with E-state index in [0.29, 0.717) is 13.2 Å². The number of hydrogen-bond donors (Lipinski definition) is 1. The number of hydrogen-bond acceptors (Lipinski definition) is 4. The highest BCUT2D eigenvalue weighted by molar-refractivity contribution is 7.18. The van der Waals surface area contributed by atoms with Crippen LogP contribution in [0.3, 0.4) is 0 Å². The summed E-state index contributed by atoms with van der Waals surface area (Å²) in [6, 6.07) is 16.3. The first kappa shape index (κ1) is 18.8. The van der Waals surface area contributed by atoms with E-state index in [1.54, 1.807) is 18.4 Å². The average Bonchev–Trinajstić information content (AvgIpc) is 3.17. The zero-order valence-corrected chi connectivity index (χ0v) is 16.7. The number of rotatable bonds is 6. The Morgan fingerprint density at radius 1 is 1.11 bits per heavy atom. The van der Waals surface area contributed by atoms with Crippen LogP contribution in [0.25, 0.3) is 10.2 Å². The summed E-state index contributed by atoms with van der Waals surface area (Å²) in [6.45, 7) is 1.14. The third-order valence-corrected chi connectivity index (χ3v) is 6.37. The zero-order valence-electron chi connectivity index (χ0n) is 15.9. The number of aromatic nitrogens is 1. The zero-order chi connectivity index (χ0) is 19.3. The highest BCUT2D eigenvalue weighted by atomic mass is 32.1. The summed E-state index contributed by atoms with van der Waals surface area (Å²) >= 11 is 1.71. The van der Waals surface area contributed by atoms with E-state index in [0.717, 1.165) is 34.5 Å². The number of amides is 1. The van der Waals surface area contributed by atoms with Crippen LogP contribution in [0.5, 0.6) is 0 Å².